The van der Waals surface area contributed by atoms with Gasteiger partial charge in [-0.2, -0.15) is 4.99 Å². The SMILES string of the molecule is CCOC(=O)Cn1c(=NC(=O)c2ccc(NS(=O)(=O)c3ccc(Cl)cc3)cc2)sc2cc(Br)ccc21. The minimum atomic E-state index is -3.82. The fourth-order valence-corrected chi connectivity index (χ4v) is 6.05. The van der Waals surface area contributed by atoms with Gasteiger partial charge in [-0.1, -0.05) is 38.9 Å². The van der Waals surface area contributed by atoms with Crippen molar-refractivity contribution in [1.82, 2.24) is 4.57 Å². The molecule has 0 atom stereocenters. The number of carbonyl (C=O) groups excluding carboxylic acids is 2. The predicted molar refractivity (Wildman–Crippen MR) is 143 cm³/mol. The molecule has 0 aliphatic rings. The Kier molecular flexibility index (Phi) is 7.94. The van der Waals surface area contributed by atoms with E-state index in [0.717, 1.165) is 14.7 Å². The van der Waals surface area contributed by atoms with Gasteiger partial charge in [-0.15, -0.1) is 0 Å². The molecule has 0 saturated carbocycles. The Balaban J connectivity index is 1.61. The Morgan fingerprint density at radius 1 is 1.08 bits per heavy atom. The van der Waals surface area contributed by atoms with Crippen molar-refractivity contribution in [3.8, 4) is 0 Å². The maximum atomic E-state index is 12.9. The number of aromatic nitrogens is 1. The molecular weight excluding hydrogens is 590 g/mol. The first-order valence-electron chi connectivity index (χ1n) is 10.6. The monoisotopic (exact) mass is 607 g/mol. The fraction of sp³-hybridized carbons (Fsp3) is 0.125. The average molecular weight is 609 g/mol. The molecule has 0 radical (unpaired) electrons. The highest BCUT2D eigenvalue weighted by Crippen LogP contribution is 2.23. The van der Waals surface area contributed by atoms with Gasteiger partial charge in [0.15, 0.2) is 4.80 Å². The van der Waals surface area contributed by atoms with E-state index < -0.39 is 21.9 Å². The Bertz CT molecular complexity index is 1610. The minimum Gasteiger partial charge on any atom is -0.465 e. The van der Waals surface area contributed by atoms with Crippen LogP contribution in [-0.4, -0.2) is 31.5 Å². The number of hydrogen-bond donors (Lipinski definition) is 1. The predicted octanol–water partition coefficient (Wildman–Crippen LogP) is 5.22. The molecule has 186 valence electrons. The van der Waals surface area contributed by atoms with Crippen LogP contribution >= 0.6 is 38.9 Å². The quantitative estimate of drug-likeness (QED) is 0.290. The number of fused-ring (bicyclic) bond motifs is 1. The van der Waals surface area contributed by atoms with Crippen molar-refractivity contribution >= 4 is 76.7 Å². The molecule has 0 aliphatic heterocycles. The summed E-state index contributed by atoms with van der Waals surface area (Å²) in [4.78, 5) is 29.7. The largest absolute Gasteiger partial charge is 0.465 e. The maximum Gasteiger partial charge on any atom is 0.326 e. The van der Waals surface area contributed by atoms with Crippen molar-refractivity contribution in [2.24, 2.45) is 4.99 Å². The molecule has 0 fully saturated rings. The standard InChI is InChI=1S/C24H19BrClN3O5S2/c1-2-34-22(30)14-29-20-12-5-16(25)13-21(20)35-24(29)27-23(31)15-3-8-18(9-4-15)28-36(32,33)19-10-6-17(26)7-11-19/h3-13,28H,2,14H2,1H3. The lowest BCUT2D eigenvalue weighted by Gasteiger charge is -2.08. The molecule has 0 unspecified atom stereocenters. The Morgan fingerprint density at radius 2 is 1.78 bits per heavy atom. The number of thiazole rings is 1. The molecule has 8 nitrogen and oxygen atoms in total. The van der Waals surface area contributed by atoms with Gasteiger partial charge in [-0.3, -0.25) is 14.3 Å². The molecule has 1 heterocycles. The number of rotatable bonds is 7. The second-order valence-electron chi connectivity index (χ2n) is 7.44. The lowest BCUT2D eigenvalue weighted by Crippen LogP contribution is -2.23. The molecule has 1 aromatic heterocycles. The first-order chi connectivity index (χ1) is 17.2. The minimum absolute atomic E-state index is 0.0598. The van der Waals surface area contributed by atoms with Crippen LogP contribution in [-0.2, 0) is 26.1 Å². The molecule has 1 N–H and O–H groups in total. The Hall–Kier alpha value is -2.99. The van der Waals surface area contributed by atoms with Gasteiger partial charge in [0, 0.05) is 20.7 Å². The smallest absolute Gasteiger partial charge is 0.326 e. The van der Waals surface area contributed by atoms with E-state index >= 15 is 0 Å². The van der Waals surface area contributed by atoms with Gasteiger partial charge >= 0.3 is 5.97 Å². The van der Waals surface area contributed by atoms with E-state index in [4.69, 9.17) is 16.3 Å². The number of hydrogen-bond acceptors (Lipinski definition) is 6. The number of nitrogens with one attached hydrogen (secondary N) is 1. The van der Waals surface area contributed by atoms with Gasteiger partial charge in [0.1, 0.15) is 6.54 Å². The number of anilines is 1. The fourth-order valence-electron chi connectivity index (χ4n) is 3.28. The summed E-state index contributed by atoms with van der Waals surface area (Å²) in [6.07, 6.45) is 0. The van der Waals surface area contributed by atoms with Crippen LogP contribution in [0.25, 0.3) is 10.2 Å². The van der Waals surface area contributed by atoms with Crippen molar-refractivity contribution in [3.05, 3.63) is 86.6 Å². The van der Waals surface area contributed by atoms with Crippen LogP contribution in [0.15, 0.2) is 81.1 Å². The summed E-state index contributed by atoms with van der Waals surface area (Å²) in [6.45, 7) is 1.87. The van der Waals surface area contributed by atoms with Crippen LogP contribution in [0.2, 0.25) is 5.02 Å². The molecule has 36 heavy (non-hydrogen) atoms. The van der Waals surface area contributed by atoms with E-state index in [-0.39, 0.29) is 29.3 Å². The van der Waals surface area contributed by atoms with Crippen molar-refractivity contribution in [2.45, 2.75) is 18.4 Å². The molecule has 3 aromatic carbocycles. The molecule has 1 amide bonds. The summed E-state index contributed by atoms with van der Waals surface area (Å²) < 4.78 is 36.0. The summed E-state index contributed by atoms with van der Waals surface area (Å²) in [5.74, 6) is -0.975. The zero-order valence-corrected chi connectivity index (χ0v) is 22.7. The molecular formula is C24H19BrClN3O5S2. The van der Waals surface area contributed by atoms with Gasteiger partial charge in [0.2, 0.25) is 0 Å². The number of ether oxygens (including phenoxy) is 1. The maximum absolute atomic E-state index is 12.9. The highest BCUT2D eigenvalue weighted by molar-refractivity contribution is 9.10. The van der Waals surface area contributed by atoms with E-state index in [1.165, 1.54) is 59.9 Å². The Labute approximate surface area is 224 Å². The first-order valence-corrected chi connectivity index (χ1v) is 14.1. The van der Waals surface area contributed by atoms with Crippen molar-refractivity contribution in [3.63, 3.8) is 0 Å². The normalized spacial score (nSPS) is 12.0. The van der Waals surface area contributed by atoms with Gasteiger partial charge in [0.05, 0.1) is 21.7 Å². The molecule has 4 rings (SSSR count). The number of sulfonamides is 1. The van der Waals surface area contributed by atoms with Gasteiger partial charge in [-0.25, -0.2) is 8.42 Å². The molecule has 0 aliphatic carbocycles. The van der Waals surface area contributed by atoms with E-state index in [1.54, 1.807) is 11.5 Å². The van der Waals surface area contributed by atoms with E-state index in [0.29, 0.717) is 9.82 Å². The van der Waals surface area contributed by atoms with E-state index in [1.807, 2.05) is 18.2 Å². The Morgan fingerprint density at radius 3 is 2.44 bits per heavy atom. The number of nitrogens with zero attached hydrogens (tertiary/aromatic N) is 2. The highest BCUT2D eigenvalue weighted by atomic mass is 79.9. The summed E-state index contributed by atoms with van der Waals surface area (Å²) >= 11 is 10.5. The zero-order valence-electron chi connectivity index (χ0n) is 18.8. The number of esters is 1. The van der Waals surface area contributed by atoms with Crippen LogP contribution in [0.1, 0.15) is 17.3 Å². The third kappa shape index (κ3) is 6.04. The summed E-state index contributed by atoms with van der Waals surface area (Å²) in [7, 11) is -3.82. The molecule has 4 aromatic rings. The zero-order chi connectivity index (χ0) is 25.9. The van der Waals surface area contributed by atoms with Crippen LogP contribution in [0.5, 0.6) is 0 Å². The van der Waals surface area contributed by atoms with Crippen molar-refractivity contribution in [1.29, 1.82) is 0 Å². The molecule has 0 bridgehead atoms. The average Bonchev–Trinajstić information content (AvgIpc) is 3.15. The van der Waals surface area contributed by atoms with Crippen LogP contribution in [0.3, 0.4) is 0 Å². The van der Waals surface area contributed by atoms with Gasteiger partial charge in [-0.05, 0) is 73.7 Å². The third-order valence-corrected chi connectivity index (χ3v) is 8.13. The highest BCUT2D eigenvalue weighted by Gasteiger charge is 2.16. The van der Waals surface area contributed by atoms with Gasteiger partial charge < -0.3 is 9.30 Å². The summed E-state index contributed by atoms with van der Waals surface area (Å²) in [6, 6.07) is 17.2. The topological polar surface area (TPSA) is 107 Å². The van der Waals surface area contributed by atoms with Crippen LogP contribution in [0.4, 0.5) is 5.69 Å². The van der Waals surface area contributed by atoms with Crippen LogP contribution in [0, 0.1) is 0 Å². The van der Waals surface area contributed by atoms with Crippen molar-refractivity contribution in [2.75, 3.05) is 11.3 Å². The summed E-state index contributed by atoms with van der Waals surface area (Å²) in [5.41, 5.74) is 1.28. The second kappa shape index (κ2) is 11.0. The second-order valence-corrected chi connectivity index (χ2v) is 11.5. The van der Waals surface area contributed by atoms with Crippen LogP contribution < -0.4 is 9.52 Å². The number of carbonyl (C=O) groups is 2. The molecule has 12 heteroatoms. The lowest BCUT2D eigenvalue weighted by molar-refractivity contribution is -0.143. The van der Waals surface area contributed by atoms with Crippen molar-refractivity contribution < 1.29 is 22.7 Å². The first kappa shape index (κ1) is 26.1. The molecule has 0 saturated heterocycles. The van der Waals surface area contributed by atoms with E-state index in [2.05, 4.69) is 25.6 Å². The number of amides is 1. The van der Waals surface area contributed by atoms with Gasteiger partial charge in [0.25, 0.3) is 15.9 Å². The molecule has 0 spiro atoms. The number of benzene rings is 3. The third-order valence-electron chi connectivity index (χ3n) is 4.94. The van der Waals surface area contributed by atoms with E-state index in [9.17, 15) is 18.0 Å². The summed E-state index contributed by atoms with van der Waals surface area (Å²) in [5, 5.41) is 0.426. The number of halogens is 2. The lowest BCUT2D eigenvalue weighted by atomic mass is 10.2.